The van der Waals surface area contributed by atoms with Crippen LogP contribution >= 0.6 is 12.2 Å². The second kappa shape index (κ2) is 6.20. The Bertz CT molecular complexity index is 776. The molecule has 1 heterocycles. The molecular formula is C15H12N2O3S. The summed E-state index contributed by atoms with van der Waals surface area (Å²) in [6.07, 6.45) is 0. The maximum Gasteiger partial charge on any atom is 0.345 e. The lowest BCUT2D eigenvalue weighted by Gasteiger charge is -2.09. The van der Waals surface area contributed by atoms with Crippen molar-refractivity contribution in [2.45, 2.75) is 6.92 Å². The number of esters is 1. The molecule has 0 aliphatic rings. The van der Waals surface area contributed by atoms with Crippen LogP contribution in [-0.4, -0.2) is 12.6 Å². The number of hydrogen-bond donors (Lipinski definition) is 1. The highest BCUT2D eigenvalue weighted by atomic mass is 32.1. The van der Waals surface area contributed by atoms with E-state index in [0.29, 0.717) is 5.56 Å². The predicted octanol–water partition coefficient (Wildman–Crippen LogP) is 3.31. The fourth-order valence-electron chi connectivity index (χ4n) is 1.84. The Balaban J connectivity index is 2.71. The molecule has 21 heavy (non-hydrogen) atoms. The van der Waals surface area contributed by atoms with Crippen molar-refractivity contribution in [1.29, 1.82) is 5.26 Å². The topological polar surface area (TPSA) is 89.2 Å². The number of nitriles is 1. The highest BCUT2D eigenvalue weighted by Crippen LogP contribution is 2.30. The van der Waals surface area contributed by atoms with Gasteiger partial charge in [0.15, 0.2) is 5.76 Å². The highest BCUT2D eigenvalue weighted by molar-refractivity contribution is 7.71. The summed E-state index contributed by atoms with van der Waals surface area (Å²) in [7, 11) is 0. The molecule has 0 atom stereocenters. The van der Waals surface area contributed by atoms with E-state index in [1.54, 1.807) is 31.2 Å². The molecule has 0 aliphatic carbocycles. The van der Waals surface area contributed by atoms with Crippen molar-refractivity contribution in [1.82, 2.24) is 0 Å². The first-order valence-corrected chi connectivity index (χ1v) is 6.60. The quantitative estimate of drug-likeness (QED) is 0.691. The number of nitrogen functional groups attached to an aromatic ring is 1. The molecule has 0 saturated heterocycles. The second-order valence-electron chi connectivity index (χ2n) is 4.07. The summed E-state index contributed by atoms with van der Waals surface area (Å²) in [5, 5.41) is 9.32. The lowest BCUT2D eigenvalue weighted by atomic mass is 10.1. The largest absolute Gasteiger partial charge is 0.462 e. The van der Waals surface area contributed by atoms with Crippen LogP contribution < -0.4 is 5.73 Å². The van der Waals surface area contributed by atoms with Gasteiger partial charge in [0.05, 0.1) is 11.1 Å². The molecule has 0 bridgehead atoms. The van der Waals surface area contributed by atoms with Gasteiger partial charge in [-0.15, -0.1) is 0 Å². The maximum atomic E-state index is 11.9. The number of carbonyl (C=O) groups is 1. The molecule has 0 spiro atoms. The minimum atomic E-state index is -0.695. The van der Waals surface area contributed by atoms with Crippen LogP contribution in [0.25, 0.3) is 11.3 Å². The molecule has 5 nitrogen and oxygen atoms in total. The number of nitrogens with zero attached hydrogens (tertiary/aromatic N) is 1. The van der Waals surface area contributed by atoms with E-state index in [1.165, 1.54) is 0 Å². The number of hydrogen-bond acceptors (Lipinski definition) is 6. The minimum absolute atomic E-state index is 0.0403. The lowest BCUT2D eigenvalue weighted by molar-refractivity contribution is 0.0525. The molecule has 1 aromatic heterocycles. The highest BCUT2D eigenvalue weighted by Gasteiger charge is 2.22. The summed E-state index contributed by atoms with van der Waals surface area (Å²) in [6, 6.07) is 10.9. The zero-order chi connectivity index (χ0) is 15.4. The maximum absolute atomic E-state index is 11.9. The van der Waals surface area contributed by atoms with Gasteiger partial charge in [0.1, 0.15) is 17.2 Å². The summed E-state index contributed by atoms with van der Waals surface area (Å²) in [5.74, 6) is -0.607. The molecular weight excluding hydrogens is 288 g/mol. The van der Waals surface area contributed by atoms with Gasteiger partial charge in [0, 0.05) is 5.56 Å². The van der Waals surface area contributed by atoms with E-state index in [1.807, 2.05) is 12.1 Å². The van der Waals surface area contributed by atoms with Crippen molar-refractivity contribution in [3.05, 3.63) is 46.0 Å². The Hall–Kier alpha value is -2.65. The molecule has 1 aromatic carbocycles. The van der Waals surface area contributed by atoms with Crippen LogP contribution in [0.4, 0.5) is 5.88 Å². The first-order valence-electron chi connectivity index (χ1n) is 6.19. The van der Waals surface area contributed by atoms with Crippen molar-refractivity contribution < 1.29 is 13.9 Å². The van der Waals surface area contributed by atoms with Gasteiger partial charge < -0.3 is 14.9 Å². The van der Waals surface area contributed by atoms with Crippen LogP contribution in [0.2, 0.25) is 0 Å². The van der Waals surface area contributed by atoms with Gasteiger partial charge in [-0.1, -0.05) is 42.5 Å². The molecule has 2 N–H and O–H groups in total. The van der Waals surface area contributed by atoms with Crippen molar-refractivity contribution in [2.24, 2.45) is 0 Å². The van der Waals surface area contributed by atoms with Crippen molar-refractivity contribution in [3.63, 3.8) is 0 Å². The number of carbonyl (C=O) groups excluding carboxylic acids is 1. The first-order chi connectivity index (χ1) is 10.1. The van der Waals surface area contributed by atoms with Crippen LogP contribution in [0.3, 0.4) is 0 Å². The van der Waals surface area contributed by atoms with Gasteiger partial charge in [-0.25, -0.2) is 4.79 Å². The second-order valence-corrected chi connectivity index (χ2v) is 4.48. The molecule has 0 fully saturated rings. The Morgan fingerprint density at radius 1 is 1.43 bits per heavy atom. The third-order valence-electron chi connectivity index (χ3n) is 2.77. The Labute approximate surface area is 126 Å². The van der Waals surface area contributed by atoms with E-state index in [2.05, 4.69) is 0 Å². The van der Waals surface area contributed by atoms with Crippen molar-refractivity contribution in [2.75, 3.05) is 12.3 Å². The molecule has 0 unspecified atom stereocenters. The lowest BCUT2D eigenvalue weighted by Crippen LogP contribution is -2.10. The van der Waals surface area contributed by atoms with Gasteiger partial charge in [-0.3, -0.25) is 0 Å². The summed E-state index contributed by atoms with van der Waals surface area (Å²) in [5.41, 5.74) is 6.44. The fourth-order valence-corrected chi connectivity index (χ4v) is 2.17. The molecule has 106 valence electrons. The van der Waals surface area contributed by atoms with Crippen molar-refractivity contribution in [3.8, 4) is 17.4 Å². The van der Waals surface area contributed by atoms with Crippen LogP contribution in [-0.2, 0) is 4.74 Å². The minimum Gasteiger partial charge on any atom is -0.462 e. The molecule has 0 amide bonds. The standard InChI is InChI=1S/C15H12N2O3S/c1-2-19-15(18)11-13(21)10(8-16)12(20-14(11)17)9-6-4-3-5-7-9/h3-7H,2,17H2,1H3. The van der Waals surface area contributed by atoms with E-state index >= 15 is 0 Å². The normalized spacial score (nSPS) is 9.90. The van der Waals surface area contributed by atoms with Crippen LogP contribution in [0.1, 0.15) is 22.8 Å². The number of anilines is 1. The van der Waals surface area contributed by atoms with Crippen LogP contribution in [0.5, 0.6) is 0 Å². The molecule has 2 aromatic rings. The molecule has 6 heteroatoms. The number of benzene rings is 1. The molecule has 0 aliphatic heterocycles. The molecule has 2 rings (SSSR count). The summed E-state index contributed by atoms with van der Waals surface area (Å²) < 4.78 is 10.4. The first kappa shape index (κ1) is 14.8. The van der Waals surface area contributed by atoms with E-state index < -0.39 is 5.97 Å². The van der Waals surface area contributed by atoms with E-state index in [-0.39, 0.29) is 33.9 Å². The van der Waals surface area contributed by atoms with Gasteiger partial charge in [-0.2, -0.15) is 5.26 Å². The third kappa shape index (κ3) is 2.78. The van der Waals surface area contributed by atoms with E-state index in [0.717, 1.165) is 0 Å². The third-order valence-corrected chi connectivity index (χ3v) is 3.18. The Morgan fingerprint density at radius 3 is 2.67 bits per heavy atom. The summed E-state index contributed by atoms with van der Waals surface area (Å²) >= 11 is 5.19. The van der Waals surface area contributed by atoms with E-state index in [4.69, 9.17) is 27.1 Å². The number of nitrogens with two attached hydrogens (primary N) is 1. The van der Waals surface area contributed by atoms with Crippen LogP contribution in [0, 0.1) is 15.8 Å². The zero-order valence-corrected chi connectivity index (χ0v) is 12.1. The zero-order valence-electron chi connectivity index (χ0n) is 11.3. The Kier molecular flexibility index (Phi) is 4.36. The molecule has 0 radical (unpaired) electrons. The van der Waals surface area contributed by atoms with Gasteiger partial charge in [-0.05, 0) is 6.92 Å². The smallest absolute Gasteiger partial charge is 0.345 e. The SMILES string of the molecule is CCOC(=O)c1c(N)oc(-c2ccccc2)c(C#N)c1=S. The van der Waals surface area contributed by atoms with Crippen molar-refractivity contribution >= 4 is 24.1 Å². The summed E-state index contributed by atoms with van der Waals surface area (Å²) in [6.45, 7) is 1.84. The average Bonchev–Trinajstić information content (AvgIpc) is 2.48. The van der Waals surface area contributed by atoms with Gasteiger partial charge >= 0.3 is 5.97 Å². The average molecular weight is 300 g/mol. The van der Waals surface area contributed by atoms with Gasteiger partial charge in [0.2, 0.25) is 5.88 Å². The van der Waals surface area contributed by atoms with E-state index in [9.17, 15) is 10.1 Å². The molecule has 0 saturated carbocycles. The van der Waals surface area contributed by atoms with Crippen LogP contribution in [0.15, 0.2) is 34.7 Å². The summed E-state index contributed by atoms with van der Waals surface area (Å²) in [4.78, 5) is 11.9. The number of rotatable bonds is 3. The number of ether oxygens (including phenoxy) is 1. The van der Waals surface area contributed by atoms with Gasteiger partial charge in [0.25, 0.3) is 0 Å². The monoisotopic (exact) mass is 300 g/mol. The predicted molar refractivity (Wildman–Crippen MR) is 80.1 cm³/mol. The fraction of sp³-hybridized carbons (Fsp3) is 0.133. The Morgan fingerprint density at radius 2 is 2.10 bits per heavy atom.